The summed E-state index contributed by atoms with van der Waals surface area (Å²) in [5, 5.41) is 4.53. The van der Waals surface area contributed by atoms with Crippen molar-refractivity contribution in [3.05, 3.63) is 28.2 Å². The number of hydrogen-bond acceptors (Lipinski definition) is 3. The van der Waals surface area contributed by atoms with E-state index in [-0.39, 0.29) is 28.8 Å². The van der Waals surface area contributed by atoms with Gasteiger partial charge < -0.3 is 4.90 Å². The molecule has 0 N–H and O–H groups in total. The van der Waals surface area contributed by atoms with E-state index in [0.29, 0.717) is 6.54 Å². The summed E-state index contributed by atoms with van der Waals surface area (Å²) < 4.78 is 1.55. The van der Waals surface area contributed by atoms with Crippen LogP contribution in [0.1, 0.15) is 52.1 Å². The molecule has 1 aliphatic carbocycles. The minimum atomic E-state index is -0.0886. The molecule has 1 aliphatic heterocycles. The van der Waals surface area contributed by atoms with Crippen LogP contribution < -0.4 is 5.56 Å². The number of carbonyl (C=O) groups excluding carboxylic acids is 1. The van der Waals surface area contributed by atoms with Crippen LogP contribution in [0, 0.1) is 5.92 Å². The zero-order valence-corrected chi connectivity index (χ0v) is 13.7. The Labute approximate surface area is 131 Å². The summed E-state index contributed by atoms with van der Waals surface area (Å²) in [6.45, 7) is 7.60. The van der Waals surface area contributed by atoms with Crippen molar-refractivity contribution < 1.29 is 4.79 Å². The van der Waals surface area contributed by atoms with Crippen LogP contribution in [0.4, 0.5) is 0 Å². The molecule has 1 saturated heterocycles. The van der Waals surface area contributed by atoms with E-state index in [4.69, 9.17) is 0 Å². The van der Waals surface area contributed by atoms with Crippen molar-refractivity contribution in [2.45, 2.75) is 64.5 Å². The monoisotopic (exact) mass is 303 g/mol. The van der Waals surface area contributed by atoms with Crippen LogP contribution in [0.3, 0.4) is 0 Å². The number of carbonyl (C=O) groups is 1. The van der Waals surface area contributed by atoms with Gasteiger partial charge in [-0.1, -0.05) is 20.8 Å². The molecule has 1 atom stereocenters. The Bertz CT molecular complexity index is 626. The van der Waals surface area contributed by atoms with Crippen LogP contribution in [0.5, 0.6) is 0 Å². The predicted octanol–water partition coefficient (Wildman–Crippen LogP) is 1.94. The van der Waals surface area contributed by atoms with E-state index in [1.54, 1.807) is 16.8 Å². The van der Waals surface area contributed by atoms with Crippen LogP contribution >= 0.6 is 0 Å². The Kier molecular flexibility index (Phi) is 3.83. The van der Waals surface area contributed by atoms with Gasteiger partial charge in [0, 0.05) is 23.9 Å². The third kappa shape index (κ3) is 3.08. The second-order valence-electron chi connectivity index (χ2n) is 7.59. The van der Waals surface area contributed by atoms with Crippen molar-refractivity contribution >= 4 is 5.91 Å². The van der Waals surface area contributed by atoms with Gasteiger partial charge in [-0.05, 0) is 31.7 Å². The first kappa shape index (κ1) is 15.3. The second kappa shape index (κ2) is 5.52. The molecule has 3 rings (SSSR count). The standard InChI is InChI=1S/C17H25N3O2/c1-17(2,3)14-8-9-15(21)20(18-14)11-13-5-4-10-19(13)16(22)12-6-7-12/h8-9,12-13H,4-7,10-11H2,1-3H3. The van der Waals surface area contributed by atoms with Crippen molar-refractivity contribution in [2.24, 2.45) is 5.92 Å². The van der Waals surface area contributed by atoms with Crippen molar-refractivity contribution in [1.29, 1.82) is 0 Å². The zero-order chi connectivity index (χ0) is 15.9. The summed E-state index contributed by atoms with van der Waals surface area (Å²) in [6.07, 6.45) is 4.04. The summed E-state index contributed by atoms with van der Waals surface area (Å²) in [5.41, 5.74) is 0.734. The van der Waals surface area contributed by atoms with Gasteiger partial charge in [-0.3, -0.25) is 9.59 Å². The highest BCUT2D eigenvalue weighted by Crippen LogP contribution is 2.33. The van der Waals surface area contributed by atoms with Crippen molar-refractivity contribution in [3.63, 3.8) is 0 Å². The lowest BCUT2D eigenvalue weighted by Gasteiger charge is -2.26. The molecule has 120 valence electrons. The first-order chi connectivity index (χ1) is 10.4. The van der Waals surface area contributed by atoms with Gasteiger partial charge in [0.1, 0.15) is 0 Å². The molecule has 0 spiro atoms. The van der Waals surface area contributed by atoms with Crippen molar-refractivity contribution in [2.75, 3.05) is 6.54 Å². The maximum atomic E-state index is 12.3. The first-order valence-corrected chi connectivity index (χ1v) is 8.25. The molecule has 1 saturated carbocycles. The van der Waals surface area contributed by atoms with Crippen LogP contribution in [0.25, 0.3) is 0 Å². The third-order valence-corrected chi connectivity index (χ3v) is 4.61. The largest absolute Gasteiger partial charge is 0.338 e. The van der Waals surface area contributed by atoms with Gasteiger partial charge in [-0.2, -0.15) is 5.10 Å². The maximum absolute atomic E-state index is 12.3. The molecular formula is C17H25N3O2. The quantitative estimate of drug-likeness (QED) is 0.857. The van der Waals surface area contributed by atoms with Crippen LogP contribution in [-0.2, 0) is 16.8 Å². The normalized spacial score (nSPS) is 22.1. The molecule has 1 unspecified atom stereocenters. The number of amides is 1. The number of likely N-dealkylation sites (tertiary alicyclic amines) is 1. The van der Waals surface area contributed by atoms with Gasteiger partial charge in [0.25, 0.3) is 5.56 Å². The Balaban J connectivity index is 1.80. The van der Waals surface area contributed by atoms with Gasteiger partial charge in [0.2, 0.25) is 5.91 Å². The Morgan fingerprint density at radius 1 is 1.27 bits per heavy atom. The summed E-state index contributed by atoms with van der Waals surface area (Å²) in [7, 11) is 0. The molecule has 0 bridgehead atoms. The lowest BCUT2D eigenvalue weighted by molar-refractivity contribution is -0.133. The van der Waals surface area contributed by atoms with Gasteiger partial charge in [-0.25, -0.2) is 4.68 Å². The van der Waals surface area contributed by atoms with Gasteiger partial charge in [-0.15, -0.1) is 0 Å². The minimum absolute atomic E-state index is 0.0845. The minimum Gasteiger partial charge on any atom is -0.338 e. The molecule has 1 aromatic rings. The fourth-order valence-corrected chi connectivity index (χ4v) is 3.06. The van der Waals surface area contributed by atoms with Crippen molar-refractivity contribution in [1.82, 2.24) is 14.7 Å². The number of rotatable bonds is 3. The SMILES string of the molecule is CC(C)(C)c1ccc(=O)n(CC2CCCN2C(=O)C2CC2)n1. The first-order valence-electron chi connectivity index (χ1n) is 8.25. The number of hydrogen-bond donors (Lipinski definition) is 0. The zero-order valence-electron chi connectivity index (χ0n) is 13.7. The lowest BCUT2D eigenvalue weighted by Crippen LogP contribution is -2.41. The molecule has 2 heterocycles. The average Bonchev–Trinajstić information content (AvgIpc) is 3.19. The van der Waals surface area contributed by atoms with E-state index in [1.165, 1.54) is 0 Å². The van der Waals surface area contributed by atoms with Gasteiger partial charge in [0.05, 0.1) is 18.3 Å². The van der Waals surface area contributed by atoms with Crippen LogP contribution in [0.2, 0.25) is 0 Å². The highest BCUT2D eigenvalue weighted by Gasteiger charge is 2.38. The molecule has 2 fully saturated rings. The second-order valence-corrected chi connectivity index (χ2v) is 7.59. The predicted molar refractivity (Wildman–Crippen MR) is 84.7 cm³/mol. The summed E-state index contributed by atoms with van der Waals surface area (Å²) in [4.78, 5) is 26.4. The highest BCUT2D eigenvalue weighted by molar-refractivity contribution is 5.81. The highest BCUT2D eigenvalue weighted by atomic mass is 16.2. The van der Waals surface area contributed by atoms with E-state index in [2.05, 4.69) is 25.9 Å². The molecule has 5 nitrogen and oxygen atoms in total. The third-order valence-electron chi connectivity index (χ3n) is 4.61. The van der Waals surface area contributed by atoms with Gasteiger partial charge >= 0.3 is 0 Å². The van der Waals surface area contributed by atoms with Crippen molar-refractivity contribution in [3.8, 4) is 0 Å². The summed E-state index contributed by atoms with van der Waals surface area (Å²) >= 11 is 0. The molecular weight excluding hydrogens is 278 g/mol. The molecule has 0 aromatic carbocycles. The fraction of sp³-hybridized carbons (Fsp3) is 0.706. The number of nitrogens with zero attached hydrogens (tertiary/aromatic N) is 3. The van der Waals surface area contributed by atoms with Crippen LogP contribution in [-0.4, -0.2) is 33.2 Å². The Hall–Kier alpha value is -1.65. The molecule has 2 aliphatic rings. The van der Waals surface area contributed by atoms with E-state index < -0.39 is 0 Å². The maximum Gasteiger partial charge on any atom is 0.266 e. The molecule has 1 amide bonds. The summed E-state index contributed by atoms with van der Waals surface area (Å²) in [5.74, 6) is 0.522. The Morgan fingerprint density at radius 3 is 2.64 bits per heavy atom. The van der Waals surface area contributed by atoms with E-state index in [9.17, 15) is 9.59 Å². The Morgan fingerprint density at radius 2 is 2.00 bits per heavy atom. The van der Waals surface area contributed by atoms with E-state index >= 15 is 0 Å². The molecule has 0 radical (unpaired) electrons. The smallest absolute Gasteiger partial charge is 0.266 e. The van der Waals surface area contributed by atoms with E-state index in [1.807, 2.05) is 4.90 Å². The molecule has 5 heteroatoms. The van der Waals surface area contributed by atoms with Gasteiger partial charge in [0.15, 0.2) is 0 Å². The topological polar surface area (TPSA) is 55.2 Å². The van der Waals surface area contributed by atoms with E-state index in [0.717, 1.165) is 37.9 Å². The number of aromatic nitrogens is 2. The molecule has 1 aromatic heterocycles. The lowest BCUT2D eigenvalue weighted by atomic mass is 9.92. The fourth-order valence-electron chi connectivity index (χ4n) is 3.06. The van der Waals surface area contributed by atoms with Crippen LogP contribution in [0.15, 0.2) is 16.9 Å². The summed E-state index contributed by atoms with van der Waals surface area (Å²) in [6, 6.07) is 3.52. The molecule has 22 heavy (non-hydrogen) atoms. The average molecular weight is 303 g/mol.